The summed E-state index contributed by atoms with van der Waals surface area (Å²) in [6.45, 7) is 12.1. The van der Waals surface area contributed by atoms with Crippen LogP contribution in [0.25, 0.3) is 0 Å². The van der Waals surface area contributed by atoms with Crippen molar-refractivity contribution in [2.45, 2.75) is 109 Å². The monoisotopic (exact) mass is 570 g/mol. The SMILES string of the molecule is C=C1[C@@H](O[C@H]2O[C@@H](COC(=O)CC(=O)O)[C@H](O)[C@@H](O)[C@@H]2O)C[C@@H]2C(C)(C)[C@H](O)CC[C@]2(C)[C@@H]1CC/C(C)=C\CO. The molecule has 3 fully saturated rings. The summed E-state index contributed by atoms with van der Waals surface area (Å²) < 4.78 is 16.9. The third-order valence-corrected chi connectivity index (χ3v) is 9.55. The number of aliphatic hydroxyl groups excluding tert-OH is 5. The average Bonchev–Trinajstić information content (AvgIpc) is 2.87. The van der Waals surface area contributed by atoms with E-state index in [9.17, 15) is 35.1 Å². The van der Waals surface area contributed by atoms with Crippen LogP contribution in [-0.4, -0.2) is 98.7 Å². The Hall–Kier alpha value is -1.86. The minimum absolute atomic E-state index is 0.00548. The molecule has 0 bridgehead atoms. The molecule has 6 N–H and O–H groups in total. The summed E-state index contributed by atoms with van der Waals surface area (Å²) >= 11 is 0. The summed E-state index contributed by atoms with van der Waals surface area (Å²) in [4.78, 5) is 22.4. The van der Waals surface area contributed by atoms with Gasteiger partial charge in [-0.2, -0.15) is 0 Å². The molecule has 0 aromatic heterocycles. The fourth-order valence-electron chi connectivity index (χ4n) is 7.05. The number of carbonyl (C=O) groups excluding carboxylic acids is 1. The van der Waals surface area contributed by atoms with Crippen LogP contribution in [0.5, 0.6) is 0 Å². The van der Waals surface area contributed by atoms with Gasteiger partial charge >= 0.3 is 11.9 Å². The predicted octanol–water partition coefficient (Wildman–Crippen LogP) is 1.30. The number of carboxylic acid groups (broad SMARTS) is 1. The minimum Gasteiger partial charge on any atom is -0.481 e. The molecule has 0 aromatic carbocycles. The van der Waals surface area contributed by atoms with E-state index in [0.717, 1.165) is 30.4 Å². The molecule has 3 aliphatic rings. The molecule has 0 spiro atoms. The summed E-state index contributed by atoms with van der Waals surface area (Å²) in [6.07, 6.45) is -4.30. The smallest absolute Gasteiger partial charge is 0.317 e. The van der Waals surface area contributed by atoms with Gasteiger partial charge in [0.1, 0.15) is 37.4 Å². The van der Waals surface area contributed by atoms with Crippen LogP contribution in [0.4, 0.5) is 0 Å². The van der Waals surface area contributed by atoms with Crippen molar-refractivity contribution < 1.29 is 54.4 Å². The number of rotatable bonds is 10. The number of aliphatic carboxylic acids is 1. The van der Waals surface area contributed by atoms with Gasteiger partial charge in [0, 0.05) is 0 Å². The molecule has 0 unspecified atom stereocenters. The molecule has 10 atom stereocenters. The fraction of sp³-hybridized carbons (Fsp3) is 0.793. The minimum atomic E-state index is -1.67. The second kappa shape index (κ2) is 13.0. The molecular formula is C29H46O11. The molecular weight excluding hydrogens is 524 g/mol. The van der Waals surface area contributed by atoms with Crippen molar-refractivity contribution in [2.24, 2.45) is 22.7 Å². The zero-order chi connectivity index (χ0) is 30.0. The Balaban J connectivity index is 1.83. The van der Waals surface area contributed by atoms with E-state index in [1.54, 1.807) is 6.08 Å². The van der Waals surface area contributed by atoms with Crippen molar-refractivity contribution in [3.05, 3.63) is 23.8 Å². The van der Waals surface area contributed by atoms with E-state index in [2.05, 4.69) is 13.5 Å². The van der Waals surface area contributed by atoms with Crippen LogP contribution >= 0.6 is 0 Å². The Labute approximate surface area is 235 Å². The van der Waals surface area contributed by atoms with E-state index >= 15 is 0 Å². The lowest BCUT2D eigenvalue weighted by atomic mass is 9.46. The number of hydrogen-bond donors (Lipinski definition) is 6. The van der Waals surface area contributed by atoms with Crippen LogP contribution in [0.3, 0.4) is 0 Å². The predicted molar refractivity (Wildman–Crippen MR) is 143 cm³/mol. The summed E-state index contributed by atoms with van der Waals surface area (Å²) in [7, 11) is 0. The van der Waals surface area contributed by atoms with Crippen molar-refractivity contribution in [1.29, 1.82) is 0 Å². The van der Waals surface area contributed by atoms with Gasteiger partial charge in [0.05, 0.1) is 18.8 Å². The Bertz CT molecular complexity index is 962. The maximum atomic E-state index is 11.7. The van der Waals surface area contributed by atoms with Gasteiger partial charge in [0.25, 0.3) is 0 Å². The highest BCUT2D eigenvalue weighted by atomic mass is 16.7. The van der Waals surface area contributed by atoms with Crippen LogP contribution < -0.4 is 0 Å². The number of allylic oxidation sites excluding steroid dienone is 1. The van der Waals surface area contributed by atoms with Crippen LogP contribution in [-0.2, 0) is 23.8 Å². The summed E-state index contributed by atoms with van der Waals surface area (Å²) in [5, 5.41) is 60.6. The molecule has 2 aliphatic carbocycles. The van der Waals surface area contributed by atoms with Crippen molar-refractivity contribution in [3.63, 3.8) is 0 Å². The maximum absolute atomic E-state index is 11.7. The molecule has 2 saturated carbocycles. The average molecular weight is 571 g/mol. The Morgan fingerprint density at radius 2 is 1.80 bits per heavy atom. The van der Waals surface area contributed by atoms with E-state index in [1.165, 1.54) is 0 Å². The molecule has 40 heavy (non-hydrogen) atoms. The normalized spacial score (nSPS) is 39.9. The number of hydrogen-bond acceptors (Lipinski definition) is 10. The lowest BCUT2D eigenvalue weighted by Crippen LogP contribution is -2.61. The number of ether oxygens (including phenoxy) is 3. The summed E-state index contributed by atoms with van der Waals surface area (Å²) in [5.74, 6) is -2.39. The first-order valence-electron chi connectivity index (χ1n) is 14.0. The zero-order valence-corrected chi connectivity index (χ0v) is 23.9. The third kappa shape index (κ3) is 6.78. The van der Waals surface area contributed by atoms with E-state index < -0.39 is 73.3 Å². The molecule has 1 aliphatic heterocycles. The van der Waals surface area contributed by atoms with Gasteiger partial charge in [-0.15, -0.1) is 0 Å². The molecule has 0 amide bonds. The molecule has 1 saturated heterocycles. The molecule has 228 valence electrons. The summed E-state index contributed by atoms with van der Waals surface area (Å²) in [6, 6.07) is 0. The van der Waals surface area contributed by atoms with Crippen LogP contribution in [0, 0.1) is 22.7 Å². The van der Waals surface area contributed by atoms with E-state index in [1.807, 2.05) is 20.8 Å². The van der Waals surface area contributed by atoms with Crippen molar-refractivity contribution >= 4 is 11.9 Å². The molecule has 0 aromatic rings. The number of esters is 1. The van der Waals surface area contributed by atoms with Crippen LogP contribution in [0.2, 0.25) is 0 Å². The first kappa shape index (κ1) is 32.7. The highest BCUT2D eigenvalue weighted by molar-refractivity contribution is 5.90. The highest BCUT2D eigenvalue weighted by Gasteiger charge is 2.58. The topological polar surface area (TPSA) is 183 Å². The Morgan fingerprint density at radius 3 is 2.42 bits per heavy atom. The first-order valence-corrected chi connectivity index (χ1v) is 14.0. The van der Waals surface area contributed by atoms with Crippen molar-refractivity contribution in [1.82, 2.24) is 0 Å². The largest absolute Gasteiger partial charge is 0.481 e. The van der Waals surface area contributed by atoms with Gasteiger partial charge in [-0.05, 0) is 67.3 Å². The molecule has 11 heteroatoms. The van der Waals surface area contributed by atoms with Gasteiger partial charge in [0.2, 0.25) is 0 Å². The maximum Gasteiger partial charge on any atom is 0.317 e. The first-order chi connectivity index (χ1) is 18.6. The van der Waals surface area contributed by atoms with Gasteiger partial charge in [0.15, 0.2) is 6.29 Å². The number of carbonyl (C=O) groups is 2. The Kier molecular flexibility index (Phi) is 10.6. The van der Waals surface area contributed by atoms with Crippen LogP contribution in [0.1, 0.15) is 66.2 Å². The second-order valence-electron chi connectivity index (χ2n) is 12.5. The lowest BCUT2D eigenvalue weighted by Gasteiger charge is -2.61. The lowest BCUT2D eigenvalue weighted by molar-refractivity contribution is -0.314. The Morgan fingerprint density at radius 1 is 1.12 bits per heavy atom. The van der Waals surface area contributed by atoms with Gasteiger partial charge in [-0.25, -0.2) is 0 Å². The zero-order valence-electron chi connectivity index (χ0n) is 23.9. The molecule has 0 radical (unpaired) electrons. The van der Waals surface area contributed by atoms with E-state index in [-0.39, 0.29) is 23.9 Å². The highest BCUT2D eigenvalue weighted by Crippen LogP contribution is 2.62. The van der Waals surface area contributed by atoms with Crippen molar-refractivity contribution in [3.8, 4) is 0 Å². The summed E-state index contributed by atoms with van der Waals surface area (Å²) in [5.41, 5.74) is 1.24. The van der Waals surface area contributed by atoms with Gasteiger partial charge in [-0.3, -0.25) is 9.59 Å². The molecule has 11 nitrogen and oxygen atoms in total. The standard InChI is InChI=1S/C29H46O11/c1-15(9-11-30)6-7-17-16(2)18(12-20-28(3,4)21(31)8-10-29(17,20)5)39-27-26(37)25(36)24(35)19(40-27)14-38-23(34)13-22(32)33/h9,17-21,24-27,30-31,35-37H,2,6-8,10-14H2,1,3-5H3,(H,32,33)/b15-9-/t17-,18+,19+,20-,21-,24+,25-,26+,27+,29-/m1/s1. The van der Waals surface area contributed by atoms with Crippen LogP contribution in [0.15, 0.2) is 23.8 Å². The third-order valence-electron chi connectivity index (χ3n) is 9.55. The number of aliphatic hydroxyl groups is 5. The van der Waals surface area contributed by atoms with E-state index in [0.29, 0.717) is 12.8 Å². The van der Waals surface area contributed by atoms with Gasteiger partial charge in [-0.1, -0.05) is 39.0 Å². The quantitative estimate of drug-likeness (QED) is 0.0963. The molecule has 3 rings (SSSR count). The fourth-order valence-corrected chi connectivity index (χ4v) is 7.05. The van der Waals surface area contributed by atoms with Crippen molar-refractivity contribution in [2.75, 3.05) is 13.2 Å². The van der Waals surface area contributed by atoms with Gasteiger partial charge < -0.3 is 44.8 Å². The second-order valence-corrected chi connectivity index (χ2v) is 12.5. The number of fused-ring (bicyclic) bond motifs is 1. The molecule has 1 heterocycles. The number of carboxylic acids is 1. The van der Waals surface area contributed by atoms with E-state index in [4.69, 9.17) is 19.3 Å².